The molecule has 3 atom stereocenters. The van der Waals surface area contributed by atoms with Gasteiger partial charge in [-0.05, 0) is 23.8 Å². The standard InChI is InChI=1S/C10H10S2/c1-2-9(11-5-1)10-7-3-4-8(6-7)12-10/h1-5,7-8,10H,6H2. The van der Waals surface area contributed by atoms with Crippen molar-refractivity contribution < 1.29 is 0 Å². The first kappa shape index (κ1) is 7.22. The molecule has 1 aliphatic heterocycles. The van der Waals surface area contributed by atoms with Gasteiger partial charge in [0.2, 0.25) is 0 Å². The Hall–Kier alpha value is -0.210. The Bertz CT molecular complexity index is 300. The highest BCUT2D eigenvalue weighted by Crippen LogP contribution is 2.54. The molecular weight excluding hydrogens is 184 g/mol. The molecule has 1 aliphatic carbocycles. The van der Waals surface area contributed by atoms with Crippen molar-refractivity contribution in [3.63, 3.8) is 0 Å². The summed E-state index contributed by atoms with van der Waals surface area (Å²) >= 11 is 4.05. The third-order valence-corrected chi connectivity index (χ3v) is 5.31. The fraction of sp³-hybridized carbons (Fsp3) is 0.400. The largest absolute Gasteiger partial charge is 0.148 e. The molecule has 3 rings (SSSR count). The Morgan fingerprint density at radius 1 is 1.33 bits per heavy atom. The van der Waals surface area contributed by atoms with Crippen LogP contribution in [0.3, 0.4) is 0 Å². The van der Waals surface area contributed by atoms with Crippen LogP contribution in [0.25, 0.3) is 0 Å². The topological polar surface area (TPSA) is 0 Å². The van der Waals surface area contributed by atoms with E-state index in [2.05, 4.69) is 41.4 Å². The quantitative estimate of drug-likeness (QED) is 0.617. The van der Waals surface area contributed by atoms with Crippen molar-refractivity contribution in [1.29, 1.82) is 0 Å². The van der Waals surface area contributed by atoms with Crippen LogP contribution in [0.5, 0.6) is 0 Å². The van der Waals surface area contributed by atoms with Gasteiger partial charge in [0.25, 0.3) is 0 Å². The molecule has 0 N–H and O–H groups in total. The predicted octanol–water partition coefficient (Wildman–Crippen LogP) is 3.48. The first-order chi connectivity index (χ1) is 5.93. The lowest BCUT2D eigenvalue weighted by Crippen LogP contribution is -1.98. The predicted molar refractivity (Wildman–Crippen MR) is 55.7 cm³/mol. The van der Waals surface area contributed by atoms with Gasteiger partial charge in [-0.2, -0.15) is 0 Å². The zero-order valence-corrected chi connectivity index (χ0v) is 8.28. The summed E-state index contributed by atoms with van der Waals surface area (Å²) in [5, 5.41) is 3.79. The summed E-state index contributed by atoms with van der Waals surface area (Å²) in [4.78, 5) is 1.57. The fourth-order valence-corrected chi connectivity index (χ4v) is 4.66. The second kappa shape index (κ2) is 2.64. The lowest BCUT2D eigenvalue weighted by molar-refractivity contribution is 0.665. The SMILES string of the molecule is C1=CC2CC1SC2c1cccs1. The maximum atomic E-state index is 2.41. The van der Waals surface area contributed by atoms with E-state index in [1.807, 2.05) is 11.3 Å². The molecule has 0 radical (unpaired) electrons. The van der Waals surface area contributed by atoms with Crippen molar-refractivity contribution in [2.45, 2.75) is 16.9 Å². The summed E-state index contributed by atoms with van der Waals surface area (Å²) in [5.74, 6) is 0.832. The Balaban J connectivity index is 1.92. The van der Waals surface area contributed by atoms with Gasteiger partial charge in [-0.25, -0.2) is 0 Å². The second-order valence-electron chi connectivity index (χ2n) is 3.40. The summed E-state index contributed by atoms with van der Waals surface area (Å²) in [7, 11) is 0. The van der Waals surface area contributed by atoms with Crippen molar-refractivity contribution in [3.05, 3.63) is 34.5 Å². The maximum absolute atomic E-state index is 2.41. The van der Waals surface area contributed by atoms with Crippen molar-refractivity contribution in [3.8, 4) is 0 Å². The minimum Gasteiger partial charge on any atom is -0.148 e. The average Bonchev–Trinajstić information content (AvgIpc) is 2.81. The number of thioether (sulfide) groups is 1. The van der Waals surface area contributed by atoms with Crippen molar-refractivity contribution >= 4 is 23.1 Å². The van der Waals surface area contributed by atoms with Gasteiger partial charge in [0.1, 0.15) is 0 Å². The molecule has 62 valence electrons. The van der Waals surface area contributed by atoms with Crippen LogP contribution >= 0.6 is 23.1 Å². The zero-order valence-electron chi connectivity index (χ0n) is 6.64. The monoisotopic (exact) mass is 194 g/mol. The van der Waals surface area contributed by atoms with E-state index in [9.17, 15) is 0 Å². The summed E-state index contributed by atoms with van der Waals surface area (Å²) in [5.41, 5.74) is 0. The van der Waals surface area contributed by atoms with E-state index in [1.54, 1.807) is 4.88 Å². The highest BCUT2D eigenvalue weighted by Gasteiger charge is 2.37. The highest BCUT2D eigenvalue weighted by molar-refractivity contribution is 8.00. The molecule has 0 amide bonds. The van der Waals surface area contributed by atoms with Gasteiger partial charge in [-0.3, -0.25) is 0 Å². The van der Waals surface area contributed by atoms with E-state index >= 15 is 0 Å². The molecule has 1 fully saturated rings. The summed E-state index contributed by atoms with van der Waals surface area (Å²) < 4.78 is 0. The molecule has 1 aromatic heterocycles. The number of hydrogen-bond donors (Lipinski definition) is 0. The van der Waals surface area contributed by atoms with Crippen LogP contribution in [0.4, 0.5) is 0 Å². The van der Waals surface area contributed by atoms with E-state index in [0.29, 0.717) is 0 Å². The van der Waals surface area contributed by atoms with E-state index in [0.717, 1.165) is 16.4 Å². The molecule has 0 spiro atoms. The summed E-state index contributed by atoms with van der Waals surface area (Å²) in [6.07, 6.45) is 6.16. The molecule has 0 saturated carbocycles. The molecular formula is C10H10S2. The molecule has 2 bridgehead atoms. The highest BCUT2D eigenvalue weighted by atomic mass is 32.2. The van der Waals surface area contributed by atoms with Gasteiger partial charge in [0.05, 0.1) is 0 Å². The van der Waals surface area contributed by atoms with Crippen LogP contribution in [-0.4, -0.2) is 5.25 Å². The third-order valence-electron chi connectivity index (χ3n) is 2.61. The van der Waals surface area contributed by atoms with Gasteiger partial charge < -0.3 is 0 Å². The van der Waals surface area contributed by atoms with Gasteiger partial charge >= 0.3 is 0 Å². The van der Waals surface area contributed by atoms with Crippen LogP contribution in [0.2, 0.25) is 0 Å². The van der Waals surface area contributed by atoms with Crippen LogP contribution in [0, 0.1) is 5.92 Å². The molecule has 2 heteroatoms. The molecule has 1 aromatic rings. The number of rotatable bonds is 1. The second-order valence-corrected chi connectivity index (χ2v) is 5.76. The van der Waals surface area contributed by atoms with E-state index in [1.165, 1.54) is 6.42 Å². The maximum Gasteiger partial charge on any atom is 0.0460 e. The lowest BCUT2D eigenvalue weighted by atomic mass is 10.0. The third kappa shape index (κ3) is 0.979. The molecule has 3 unspecified atom stereocenters. The Morgan fingerprint density at radius 2 is 2.33 bits per heavy atom. The van der Waals surface area contributed by atoms with Gasteiger partial charge in [-0.1, -0.05) is 18.2 Å². The molecule has 1 saturated heterocycles. The van der Waals surface area contributed by atoms with Crippen molar-refractivity contribution in [2.75, 3.05) is 0 Å². The first-order valence-electron chi connectivity index (χ1n) is 4.31. The van der Waals surface area contributed by atoms with Crippen LogP contribution in [0.1, 0.15) is 16.5 Å². The fourth-order valence-electron chi connectivity index (χ4n) is 2.04. The van der Waals surface area contributed by atoms with E-state index < -0.39 is 0 Å². The number of hydrogen-bond acceptors (Lipinski definition) is 2. The summed E-state index contributed by atoms with van der Waals surface area (Å²) in [6.45, 7) is 0. The number of thiophene rings is 1. The number of allylic oxidation sites excluding steroid dienone is 1. The first-order valence-corrected chi connectivity index (χ1v) is 6.13. The molecule has 2 heterocycles. The number of fused-ring (bicyclic) bond motifs is 2. The Kier molecular flexibility index (Phi) is 1.59. The normalized spacial score (nSPS) is 37.8. The Morgan fingerprint density at radius 3 is 2.92 bits per heavy atom. The smallest absolute Gasteiger partial charge is 0.0460 e. The van der Waals surface area contributed by atoms with E-state index in [4.69, 9.17) is 0 Å². The van der Waals surface area contributed by atoms with E-state index in [-0.39, 0.29) is 0 Å². The van der Waals surface area contributed by atoms with Crippen LogP contribution in [0.15, 0.2) is 29.7 Å². The molecule has 12 heavy (non-hydrogen) atoms. The minimum absolute atomic E-state index is 0.778. The molecule has 0 aromatic carbocycles. The zero-order chi connectivity index (χ0) is 7.97. The molecule has 0 nitrogen and oxygen atoms in total. The van der Waals surface area contributed by atoms with Crippen LogP contribution < -0.4 is 0 Å². The molecule has 2 aliphatic rings. The van der Waals surface area contributed by atoms with Gasteiger partial charge in [0, 0.05) is 15.4 Å². The van der Waals surface area contributed by atoms with Gasteiger partial charge in [-0.15, -0.1) is 23.1 Å². The Labute approximate surface area is 80.7 Å². The summed E-state index contributed by atoms with van der Waals surface area (Å²) in [6, 6.07) is 4.44. The lowest BCUT2D eigenvalue weighted by Gasteiger charge is -2.15. The average molecular weight is 194 g/mol. The minimum atomic E-state index is 0.778. The van der Waals surface area contributed by atoms with Gasteiger partial charge in [0.15, 0.2) is 0 Å². The van der Waals surface area contributed by atoms with Crippen LogP contribution in [-0.2, 0) is 0 Å². The van der Waals surface area contributed by atoms with Crippen molar-refractivity contribution in [1.82, 2.24) is 0 Å². The van der Waals surface area contributed by atoms with Crippen molar-refractivity contribution in [2.24, 2.45) is 5.92 Å².